The summed E-state index contributed by atoms with van der Waals surface area (Å²) in [6.07, 6.45) is 0. The zero-order chi connectivity index (χ0) is 23.8. The fourth-order valence-corrected chi connectivity index (χ4v) is 3.75. The molecule has 1 aliphatic heterocycles. The lowest BCUT2D eigenvalue weighted by molar-refractivity contribution is -0.118. The molecule has 3 aromatic carbocycles. The third kappa shape index (κ3) is 6.81. The van der Waals surface area contributed by atoms with E-state index in [9.17, 15) is 9.59 Å². The Morgan fingerprint density at radius 2 is 1.62 bits per heavy atom. The molecule has 2 amide bonds. The van der Waals surface area contributed by atoms with Gasteiger partial charge in [0.05, 0.1) is 18.8 Å². The molecular weight excluding hydrogens is 454 g/mol. The number of anilines is 2. The maximum Gasteiger partial charge on any atom is 0.262 e. The number of nitrogens with one attached hydrogen (secondary N) is 2. The first-order chi connectivity index (χ1) is 16.6. The van der Waals surface area contributed by atoms with Crippen molar-refractivity contribution in [2.24, 2.45) is 0 Å². The van der Waals surface area contributed by atoms with Crippen LogP contribution in [0.25, 0.3) is 0 Å². The van der Waals surface area contributed by atoms with E-state index in [1.807, 2.05) is 42.5 Å². The lowest BCUT2D eigenvalue weighted by Crippen LogP contribution is -2.35. The second-order valence-electron chi connectivity index (χ2n) is 7.88. The average Bonchev–Trinajstić information content (AvgIpc) is 2.86. The highest BCUT2D eigenvalue weighted by Crippen LogP contribution is 2.24. The second kappa shape index (κ2) is 11.7. The van der Waals surface area contributed by atoms with Gasteiger partial charge in [0.25, 0.3) is 11.8 Å². The summed E-state index contributed by atoms with van der Waals surface area (Å²) in [5.41, 5.74) is 2.74. The summed E-state index contributed by atoms with van der Waals surface area (Å²) in [6.45, 7) is 3.97. The first-order valence-electron chi connectivity index (χ1n) is 11.0. The summed E-state index contributed by atoms with van der Waals surface area (Å²) in [5, 5.41) is 6.01. The number of amides is 2. The molecule has 8 heteroatoms. The van der Waals surface area contributed by atoms with E-state index < -0.39 is 0 Å². The van der Waals surface area contributed by atoms with Crippen LogP contribution in [0.5, 0.6) is 5.75 Å². The predicted octanol–water partition coefficient (Wildman–Crippen LogP) is 4.44. The fourth-order valence-electron chi connectivity index (χ4n) is 3.58. The van der Waals surface area contributed by atoms with Crippen LogP contribution in [0.4, 0.5) is 11.4 Å². The maximum atomic E-state index is 12.7. The molecule has 1 saturated heterocycles. The molecule has 7 nitrogen and oxygen atoms in total. The summed E-state index contributed by atoms with van der Waals surface area (Å²) in [5.74, 6) is -0.431. The van der Waals surface area contributed by atoms with Crippen molar-refractivity contribution < 1.29 is 19.1 Å². The minimum Gasteiger partial charge on any atom is -0.483 e. The molecule has 1 heterocycles. The molecule has 0 saturated carbocycles. The molecule has 0 aliphatic carbocycles. The summed E-state index contributed by atoms with van der Waals surface area (Å²) in [6, 6.07) is 21.5. The molecular formula is C26H26ClN3O4. The van der Waals surface area contributed by atoms with Crippen molar-refractivity contribution in [3.05, 3.63) is 88.9 Å². The highest BCUT2D eigenvalue weighted by atomic mass is 35.5. The molecule has 1 aliphatic rings. The van der Waals surface area contributed by atoms with Crippen LogP contribution < -0.4 is 15.4 Å². The Kier molecular flexibility index (Phi) is 8.14. The van der Waals surface area contributed by atoms with E-state index in [-0.39, 0.29) is 29.7 Å². The monoisotopic (exact) mass is 479 g/mol. The van der Waals surface area contributed by atoms with Gasteiger partial charge in [-0.3, -0.25) is 14.5 Å². The van der Waals surface area contributed by atoms with Gasteiger partial charge >= 0.3 is 0 Å². The molecule has 0 unspecified atom stereocenters. The number of rotatable bonds is 8. The number of halogens is 1. The van der Waals surface area contributed by atoms with Gasteiger partial charge < -0.3 is 20.1 Å². The number of ether oxygens (including phenoxy) is 2. The zero-order valence-electron chi connectivity index (χ0n) is 18.6. The minimum absolute atomic E-state index is 0.247. The molecule has 1 fully saturated rings. The van der Waals surface area contributed by atoms with Gasteiger partial charge in [0.1, 0.15) is 5.75 Å². The van der Waals surface area contributed by atoms with Crippen LogP contribution in [0, 0.1) is 0 Å². The van der Waals surface area contributed by atoms with Crippen LogP contribution >= 0.6 is 11.6 Å². The van der Waals surface area contributed by atoms with Gasteiger partial charge in [0.15, 0.2) is 6.61 Å². The van der Waals surface area contributed by atoms with Gasteiger partial charge in [0.2, 0.25) is 0 Å². The molecule has 0 bridgehead atoms. The third-order valence-corrected chi connectivity index (χ3v) is 5.56. The van der Waals surface area contributed by atoms with Crippen molar-refractivity contribution in [2.45, 2.75) is 6.54 Å². The average molecular weight is 480 g/mol. The molecule has 3 aromatic rings. The Balaban J connectivity index is 1.32. The predicted molar refractivity (Wildman–Crippen MR) is 133 cm³/mol. The van der Waals surface area contributed by atoms with Crippen LogP contribution in [-0.2, 0) is 16.1 Å². The second-order valence-corrected chi connectivity index (χ2v) is 8.32. The Morgan fingerprint density at radius 3 is 2.35 bits per heavy atom. The van der Waals surface area contributed by atoms with Crippen molar-refractivity contribution in [1.82, 2.24) is 4.90 Å². The molecule has 0 spiro atoms. The van der Waals surface area contributed by atoms with Gasteiger partial charge in [-0.1, -0.05) is 41.9 Å². The number of morpholine rings is 1. The van der Waals surface area contributed by atoms with E-state index in [2.05, 4.69) is 15.5 Å². The van der Waals surface area contributed by atoms with E-state index in [1.54, 1.807) is 24.3 Å². The van der Waals surface area contributed by atoms with Gasteiger partial charge in [-0.25, -0.2) is 0 Å². The molecule has 2 N–H and O–H groups in total. The summed E-state index contributed by atoms with van der Waals surface area (Å²) in [4.78, 5) is 27.5. The molecule has 176 valence electrons. The summed E-state index contributed by atoms with van der Waals surface area (Å²) < 4.78 is 11.0. The quantitative estimate of drug-likeness (QED) is 0.499. The van der Waals surface area contributed by atoms with E-state index in [4.69, 9.17) is 21.1 Å². The Labute approximate surface area is 203 Å². The third-order valence-electron chi connectivity index (χ3n) is 5.32. The van der Waals surface area contributed by atoms with Crippen molar-refractivity contribution >= 4 is 34.8 Å². The highest BCUT2D eigenvalue weighted by molar-refractivity contribution is 6.31. The number of hydrogen-bond acceptors (Lipinski definition) is 5. The summed E-state index contributed by atoms with van der Waals surface area (Å²) >= 11 is 6.08. The minimum atomic E-state index is -0.375. The van der Waals surface area contributed by atoms with Gasteiger partial charge in [0, 0.05) is 36.0 Å². The van der Waals surface area contributed by atoms with E-state index in [1.165, 1.54) is 11.6 Å². The highest BCUT2D eigenvalue weighted by Gasteiger charge is 2.15. The number of para-hydroxylation sites is 1. The first-order valence-corrected chi connectivity index (χ1v) is 11.4. The topological polar surface area (TPSA) is 79.9 Å². The standard InChI is InChI=1S/C26H26ClN3O4/c27-20-8-11-24(23(16-20)26(32)29-21-4-2-1-3-5-21)34-18-25(31)28-22-9-6-19(7-10-22)17-30-12-14-33-15-13-30/h1-11,16H,12-15,17-18H2,(H,28,31)(H,29,32). The number of hydrogen-bond donors (Lipinski definition) is 2. The van der Waals surface area contributed by atoms with Crippen LogP contribution in [0.3, 0.4) is 0 Å². The van der Waals surface area contributed by atoms with E-state index >= 15 is 0 Å². The molecule has 0 atom stereocenters. The summed E-state index contributed by atoms with van der Waals surface area (Å²) in [7, 11) is 0. The Bertz CT molecular complexity index is 1120. The first kappa shape index (κ1) is 23.8. The SMILES string of the molecule is O=C(COc1ccc(Cl)cc1C(=O)Nc1ccccc1)Nc1ccc(CN2CCOCC2)cc1. The van der Waals surface area contributed by atoms with Gasteiger partial charge in [-0.15, -0.1) is 0 Å². The zero-order valence-corrected chi connectivity index (χ0v) is 19.4. The van der Waals surface area contributed by atoms with Gasteiger partial charge in [-0.05, 0) is 48.0 Å². The number of carbonyl (C=O) groups is 2. The number of nitrogens with zero attached hydrogens (tertiary/aromatic N) is 1. The maximum absolute atomic E-state index is 12.7. The van der Waals surface area contributed by atoms with Crippen molar-refractivity contribution in [3.8, 4) is 5.75 Å². The van der Waals surface area contributed by atoms with Crippen LogP contribution in [0.15, 0.2) is 72.8 Å². The van der Waals surface area contributed by atoms with E-state index in [0.29, 0.717) is 16.4 Å². The number of carbonyl (C=O) groups excluding carboxylic acids is 2. The largest absolute Gasteiger partial charge is 0.483 e. The Hall–Kier alpha value is -3.39. The van der Waals surface area contributed by atoms with Crippen LogP contribution in [0.1, 0.15) is 15.9 Å². The van der Waals surface area contributed by atoms with Crippen molar-refractivity contribution in [3.63, 3.8) is 0 Å². The molecule has 34 heavy (non-hydrogen) atoms. The molecule has 0 radical (unpaired) electrons. The fraction of sp³-hybridized carbons (Fsp3) is 0.231. The van der Waals surface area contributed by atoms with E-state index in [0.717, 1.165) is 32.8 Å². The molecule has 4 rings (SSSR count). The van der Waals surface area contributed by atoms with Crippen molar-refractivity contribution in [1.29, 1.82) is 0 Å². The molecule has 0 aromatic heterocycles. The van der Waals surface area contributed by atoms with Crippen LogP contribution in [-0.4, -0.2) is 49.6 Å². The number of benzene rings is 3. The lowest BCUT2D eigenvalue weighted by Gasteiger charge is -2.26. The van der Waals surface area contributed by atoms with Gasteiger partial charge in [-0.2, -0.15) is 0 Å². The Morgan fingerprint density at radius 1 is 0.912 bits per heavy atom. The normalized spacial score (nSPS) is 13.8. The smallest absolute Gasteiger partial charge is 0.262 e. The lowest BCUT2D eigenvalue weighted by atomic mass is 10.1. The van der Waals surface area contributed by atoms with Crippen LogP contribution in [0.2, 0.25) is 5.02 Å². The van der Waals surface area contributed by atoms with Crippen molar-refractivity contribution in [2.75, 3.05) is 43.5 Å².